The molecule has 3 aromatic rings. The fourth-order valence-corrected chi connectivity index (χ4v) is 5.48. The highest BCUT2D eigenvalue weighted by molar-refractivity contribution is 7.92. The van der Waals surface area contributed by atoms with Crippen molar-refractivity contribution in [3.63, 3.8) is 0 Å². The minimum Gasteiger partial charge on any atom is -0.497 e. The quantitative estimate of drug-likeness (QED) is 0.320. The van der Waals surface area contributed by atoms with E-state index in [-0.39, 0.29) is 29.1 Å². The topological polar surface area (TPSA) is 96.0 Å². The molecule has 0 aromatic heterocycles. The number of halogens is 2. The van der Waals surface area contributed by atoms with E-state index in [0.717, 1.165) is 16.4 Å². The molecule has 3 aromatic carbocycles. The zero-order chi connectivity index (χ0) is 29.4. The van der Waals surface area contributed by atoms with Crippen LogP contribution in [-0.4, -0.2) is 50.9 Å². The first-order valence-electron chi connectivity index (χ1n) is 12.7. The molecule has 214 valence electrons. The number of amides is 2. The highest BCUT2D eigenvalue weighted by Gasteiger charge is 2.33. The van der Waals surface area contributed by atoms with Gasteiger partial charge in [0.25, 0.3) is 10.0 Å². The summed E-state index contributed by atoms with van der Waals surface area (Å²) in [6, 6.07) is 16.3. The van der Waals surface area contributed by atoms with Crippen molar-refractivity contribution in [1.29, 1.82) is 0 Å². The minimum absolute atomic E-state index is 0.0343. The van der Waals surface area contributed by atoms with E-state index < -0.39 is 34.3 Å². The van der Waals surface area contributed by atoms with Gasteiger partial charge in [-0.05, 0) is 80.4 Å². The van der Waals surface area contributed by atoms with Gasteiger partial charge in [-0.15, -0.1) is 0 Å². The van der Waals surface area contributed by atoms with Crippen molar-refractivity contribution in [1.82, 2.24) is 10.2 Å². The van der Waals surface area contributed by atoms with Gasteiger partial charge in [0.15, 0.2) is 0 Å². The first kappa shape index (κ1) is 30.9. The number of nitrogens with zero attached hydrogens (tertiary/aromatic N) is 2. The predicted octanol–water partition coefficient (Wildman–Crippen LogP) is 5.02. The van der Waals surface area contributed by atoms with Gasteiger partial charge in [-0.2, -0.15) is 0 Å². The molecule has 0 aliphatic heterocycles. The molecule has 0 aliphatic carbocycles. The summed E-state index contributed by atoms with van der Waals surface area (Å²) in [7, 11) is -2.83. The summed E-state index contributed by atoms with van der Waals surface area (Å²) in [5.74, 6) is -1.14. The predicted molar refractivity (Wildman–Crippen MR) is 153 cm³/mol. The van der Waals surface area contributed by atoms with Gasteiger partial charge < -0.3 is 15.0 Å². The number of carbonyl (C=O) groups excluding carboxylic acids is 2. The van der Waals surface area contributed by atoms with Crippen LogP contribution in [0.1, 0.15) is 32.8 Å². The Bertz CT molecular complexity index is 1420. The van der Waals surface area contributed by atoms with Crippen LogP contribution < -0.4 is 14.4 Å². The highest BCUT2D eigenvalue weighted by atomic mass is 35.5. The number of methoxy groups -OCH3 is 1. The number of hydrogen-bond acceptors (Lipinski definition) is 5. The third-order valence-corrected chi connectivity index (χ3v) is 8.66. The van der Waals surface area contributed by atoms with Gasteiger partial charge in [0.1, 0.15) is 24.2 Å². The average molecular weight is 590 g/mol. The maximum absolute atomic E-state index is 13.9. The van der Waals surface area contributed by atoms with Gasteiger partial charge in [0.2, 0.25) is 11.8 Å². The second kappa shape index (κ2) is 13.6. The summed E-state index contributed by atoms with van der Waals surface area (Å²) in [6.45, 7) is 4.67. The van der Waals surface area contributed by atoms with E-state index >= 15 is 0 Å². The minimum atomic E-state index is -4.29. The van der Waals surface area contributed by atoms with Crippen LogP contribution in [0.15, 0.2) is 77.7 Å². The summed E-state index contributed by atoms with van der Waals surface area (Å²) in [5.41, 5.74) is 0.673. The van der Waals surface area contributed by atoms with Crippen LogP contribution >= 0.6 is 11.6 Å². The lowest BCUT2D eigenvalue weighted by molar-refractivity contribution is -0.139. The Hall–Kier alpha value is -3.63. The number of ether oxygens (including phenoxy) is 1. The van der Waals surface area contributed by atoms with Crippen LogP contribution in [0.2, 0.25) is 5.02 Å². The summed E-state index contributed by atoms with van der Waals surface area (Å²) in [4.78, 5) is 28.2. The molecule has 0 spiro atoms. The van der Waals surface area contributed by atoms with E-state index in [1.54, 1.807) is 31.2 Å². The van der Waals surface area contributed by atoms with Crippen LogP contribution in [0, 0.1) is 5.82 Å². The van der Waals surface area contributed by atoms with Crippen molar-refractivity contribution in [2.45, 2.75) is 50.7 Å². The maximum Gasteiger partial charge on any atom is 0.264 e. The smallest absolute Gasteiger partial charge is 0.264 e. The van der Waals surface area contributed by atoms with E-state index in [1.165, 1.54) is 48.4 Å². The van der Waals surface area contributed by atoms with Crippen molar-refractivity contribution in [3.8, 4) is 5.75 Å². The van der Waals surface area contributed by atoms with Gasteiger partial charge in [-0.1, -0.05) is 36.7 Å². The van der Waals surface area contributed by atoms with Crippen molar-refractivity contribution in [2.24, 2.45) is 0 Å². The first-order chi connectivity index (χ1) is 19.0. The van der Waals surface area contributed by atoms with Gasteiger partial charge in [0, 0.05) is 17.6 Å². The molecule has 8 nitrogen and oxygen atoms in total. The van der Waals surface area contributed by atoms with Crippen molar-refractivity contribution < 1.29 is 27.1 Å². The SMILES string of the molecule is CCC(C)NC(=O)C(C)N(Cc1ccccc1Cl)C(=O)CN(c1ccc(F)cc1)S(=O)(=O)c1ccc(OC)cc1. The number of hydrogen-bond donors (Lipinski definition) is 1. The number of nitrogens with one attached hydrogen (secondary N) is 1. The molecule has 2 unspecified atom stereocenters. The van der Waals surface area contributed by atoms with E-state index in [4.69, 9.17) is 16.3 Å². The first-order valence-corrected chi connectivity index (χ1v) is 14.5. The molecule has 40 heavy (non-hydrogen) atoms. The molecule has 0 fully saturated rings. The molecule has 1 N–H and O–H groups in total. The monoisotopic (exact) mass is 589 g/mol. The Morgan fingerprint density at radius 3 is 2.20 bits per heavy atom. The molecule has 2 atom stereocenters. The van der Waals surface area contributed by atoms with E-state index in [2.05, 4.69) is 5.32 Å². The fourth-order valence-electron chi connectivity index (χ4n) is 3.87. The molecular formula is C29H33ClFN3O5S. The van der Waals surface area contributed by atoms with Crippen molar-refractivity contribution >= 4 is 39.1 Å². The molecule has 3 rings (SSSR count). The molecular weight excluding hydrogens is 557 g/mol. The number of anilines is 1. The van der Waals surface area contributed by atoms with Gasteiger partial charge in [-0.25, -0.2) is 12.8 Å². The lowest BCUT2D eigenvalue weighted by atomic mass is 10.1. The molecule has 2 amide bonds. The molecule has 0 saturated heterocycles. The second-order valence-corrected chi connectivity index (χ2v) is 11.5. The fraction of sp³-hybridized carbons (Fsp3) is 0.310. The summed E-state index contributed by atoms with van der Waals surface area (Å²) in [5, 5.41) is 3.27. The number of rotatable bonds is 12. The number of carbonyl (C=O) groups is 2. The van der Waals surface area contributed by atoms with Crippen molar-refractivity contribution in [3.05, 3.63) is 89.2 Å². The highest BCUT2D eigenvalue weighted by Crippen LogP contribution is 2.27. The molecule has 0 saturated carbocycles. The van der Waals surface area contributed by atoms with Crippen LogP contribution in [0.5, 0.6) is 5.75 Å². The molecule has 0 aliphatic rings. The Morgan fingerprint density at radius 1 is 1.00 bits per heavy atom. The van der Waals surface area contributed by atoms with Crippen molar-refractivity contribution in [2.75, 3.05) is 18.0 Å². The zero-order valence-corrected chi connectivity index (χ0v) is 24.4. The number of sulfonamides is 1. The molecule has 0 bridgehead atoms. The molecule has 0 heterocycles. The summed E-state index contributed by atoms with van der Waals surface area (Å²) >= 11 is 6.37. The lowest BCUT2D eigenvalue weighted by Crippen LogP contribution is -2.52. The van der Waals surface area contributed by atoms with E-state index in [0.29, 0.717) is 22.8 Å². The third-order valence-electron chi connectivity index (χ3n) is 6.51. The second-order valence-electron chi connectivity index (χ2n) is 9.27. The van der Waals surface area contributed by atoms with Gasteiger partial charge in [-0.3, -0.25) is 13.9 Å². The maximum atomic E-state index is 13.9. The summed E-state index contributed by atoms with van der Waals surface area (Å²) < 4.78 is 47.4. The normalized spacial score (nSPS) is 12.8. The Balaban J connectivity index is 2.03. The Morgan fingerprint density at radius 2 is 1.62 bits per heavy atom. The molecule has 0 radical (unpaired) electrons. The van der Waals surface area contributed by atoms with Crippen LogP contribution in [0.25, 0.3) is 0 Å². The Labute approximate surface area is 239 Å². The molecule has 11 heteroatoms. The lowest BCUT2D eigenvalue weighted by Gasteiger charge is -2.32. The zero-order valence-electron chi connectivity index (χ0n) is 22.8. The van der Waals surface area contributed by atoms with Gasteiger partial charge >= 0.3 is 0 Å². The van der Waals surface area contributed by atoms with E-state index in [9.17, 15) is 22.4 Å². The largest absolute Gasteiger partial charge is 0.497 e. The number of benzene rings is 3. The standard InChI is InChI=1S/C29H33ClFN3O5S/c1-5-20(2)32-29(36)21(3)33(18-22-8-6-7-9-27(22)30)28(35)19-34(24-12-10-23(31)11-13-24)40(37,38)26-16-14-25(39-4)15-17-26/h6-17,20-21H,5,18-19H2,1-4H3,(H,32,36). The van der Waals surface area contributed by atoms with Crippen LogP contribution in [0.3, 0.4) is 0 Å². The third kappa shape index (κ3) is 7.51. The van der Waals surface area contributed by atoms with Crippen LogP contribution in [0.4, 0.5) is 10.1 Å². The van der Waals surface area contributed by atoms with Crippen LogP contribution in [-0.2, 0) is 26.2 Å². The van der Waals surface area contributed by atoms with E-state index in [1.807, 2.05) is 13.8 Å². The van der Waals surface area contributed by atoms with Gasteiger partial charge in [0.05, 0.1) is 17.7 Å². The average Bonchev–Trinajstić information content (AvgIpc) is 2.95. The summed E-state index contributed by atoms with van der Waals surface area (Å²) in [6.07, 6.45) is 0.690. The Kier molecular flexibility index (Phi) is 10.5.